The van der Waals surface area contributed by atoms with Crippen LogP contribution in [0.2, 0.25) is 12.6 Å². The lowest BCUT2D eigenvalue weighted by Crippen LogP contribution is -2.57. The van der Waals surface area contributed by atoms with E-state index in [1.54, 1.807) is 0 Å². The lowest BCUT2D eigenvalue weighted by atomic mass is 9.89. The van der Waals surface area contributed by atoms with Gasteiger partial charge in [-0.15, -0.1) is 0 Å². The minimum absolute atomic E-state index is 0. The highest BCUT2D eigenvalue weighted by Crippen LogP contribution is 2.43. The Morgan fingerprint density at radius 1 is 0.962 bits per heavy atom. The summed E-state index contributed by atoms with van der Waals surface area (Å²) in [5.41, 5.74) is 0.392. The molecule has 4 heteroatoms. The fraction of sp³-hybridized carbons (Fsp3) is 0.455. The van der Waals surface area contributed by atoms with E-state index in [-0.39, 0.29) is 33.1 Å². The standard InChI is InChI=1S/C22H30OSi.2H2S/c1-22(2)15-14-18(16-22)21(23)17-24(3,19-10-6-4-7-11-19)20-12-8-5-9-13-20;;/h4-13,18,21,23H,14-17H2,1-3H3;2*1H2/t18-,21-;;/m1../s1. The van der Waals surface area contributed by atoms with Crippen molar-refractivity contribution in [1.82, 2.24) is 0 Å². The summed E-state index contributed by atoms with van der Waals surface area (Å²) < 4.78 is 0. The van der Waals surface area contributed by atoms with Crippen molar-refractivity contribution in [3.63, 3.8) is 0 Å². The number of rotatable bonds is 5. The van der Waals surface area contributed by atoms with Crippen molar-refractivity contribution in [3.05, 3.63) is 60.7 Å². The number of hydrogen-bond acceptors (Lipinski definition) is 1. The molecule has 0 aromatic heterocycles. The third-order valence-corrected chi connectivity index (χ3v) is 10.4. The van der Waals surface area contributed by atoms with Gasteiger partial charge in [0, 0.05) is 0 Å². The molecule has 2 aromatic carbocycles. The third-order valence-electron chi connectivity index (χ3n) is 5.99. The second-order valence-electron chi connectivity index (χ2n) is 8.50. The molecule has 26 heavy (non-hydrogen) atoms. The molecule has 0 radical (unpaired) electrons. The van der Waals surface area contributed by atoms with Gasteiger partial charge in [0.05, 0.1) is 6.10 Å². The SMILES string of the molecule is CC1(C)CC[C@@H]([C@H](O)C[Si](C)(c2ccccc2)c2ccccc2)C1.S.S. The number of aliphatic hydroxyl groups excluding tert-OH is 1. The fourth-order valence-electron chi connectivity index (χ4n) is 4.42. The number of aliphatic hydroxyl groups is 1. The molecule has 1 saturated carbocycles. The van der Waals surface area contributed by atoms with Gasteiger partial charge in [0.25, 0.3) is 0 Å². The molecule has 0 saturated heterocycles. The zero-order valence-electron chi connectivity index (χ0n) is 16.2. The van der Waals surface area contributed by atoms with Gasteiger partial charge in [-0.25, -0.2) is 0 Å². The monoisotopic (exact) mass is 406 g/mol. The Balaban J connectivity index is 0.00000169. The zero-order chi connectivity index (χ0) is 17.2. The summed E-state index contributed by atoms with van der Waals surface area (Å²) in [5.74, 6) is 0.458. The Bertz CT molecular complexity index is 621. The average Bonchev–Trinajstić information content (AvgIpc) is 2.96. The molecule has 144 valence electrons. The van der Waals surface area contributed by atoms with Crippen molar-refractivity contribution in [1.29, 1.82) is 0 Å². The summed E-state index contributed by atoms with van der Waals surface area (Å²) in [6.45, 7) is 7.09. The molecule has 1 nitrogen and oxygen atoms in total. The van der Waals surface area contributed by atoms with Crippen LogP contribution in [0.15, 0.2) is 60.7 Å². The molecular formula is C22H34OS2Si. The maximum Gasteiger partial charge on any atom is 0.117 e. The normalized spacial score (nSPS) is 19.9. The van der Waals surface area contributed by atoms with E-state index in [4.69, 9.17) is 0 Å². The quantitative estimate of drug-likeness (QED) is 0.734. The minimum Gasteiger partial charge on any atom is -0.393 e. The lowest BCUT2D eigenvalue weighted by Gasteiger charge is -2.33. The van der Waals surface area contributed by atoms with Crippen molar-refractivity contribution >= 4 is 45.4 Å². The van der Waals surface area contributed by atoms with E-state index < -0.39 is 8.07 Å². The van der Waals surface area contributed by atoms with Crippen molar-refractivity contribution < 1.29 is 5.11 Å². The Morgan fingerprint density at radius 2 is 1.42 bits per heavy atom. The second-order valence-corrected chi connectivity index (χ2v) is 12.7. The first-order valence-corrected chi connectivity index (χ1v) is 11.9. The third kappa shape index (κ3) is 5.19. The highest BCUT2D eigenvalue weighted by Gasteiger charge is 2.40. The van der Waals surface area contributed by atoms with Crippen LogP contribution in [-0.2, 0) is 0 Å². The van der Waals surface area contributed by atoms with Gasteiger partial charge in [-0.05, 0) is 36.6 Å². The predicted octanol–water partition coefficient (Wildman–Crippen LogP) is 4.29. The van der Waals surface area contributed by atoms with Crippen LogP contribution in [0.25, 0.3) is 0 Å². The van der Waals surface area contributed by atoms with Gasteiger partial charge in [0.2, 0.25) is 0 Å². The van der Waals surface area contributed by atoms with E-state index in [0.717, 1.165) is 12.5 Å². The van der Waals surface area contributed by atoms with Crippen LogP contribution < -0.4 is 10.4 Å². The maximum atomic E-state index is 11.1. The van der Waals surface area contributed by atoms with Crippen LogP contribution >= 0.6 is 27.0 Å². The molecule has 2 aromatic rings. The first kappa shape index (κ1) is 23.4. The van der Waals surface area contributed by atoms with Crippen LogP contribution in [0.3, 0.4) is 0 Å². The molecular weight excluding hydrogens is 372 g/mol. The maximum absolute atomic E-state index is 11.1. The molecule has 0 amide bonds. The van der Waals surface area contributed by atoms with Gasteiger partial charge in [0.1, 0.15) is 8.07 Å². The van der Waals surface area contributed by atoms with E-state index >= 15 is 0 Å². The highest BCUT2D eigenvalue weighted by atomic mass is 32.1. The van der Waals surface area contributed by atoms with Crippen LogP contribution in [0.1, 0.15) is 33.1 Å². The molecule has 0 unspecified atom stereocenters. The van der Waals surface area contributed by atoms with Crippen LogP contribution in [-0.4, -0.2) is 19.3 Å². The van der Waals surface area contributed by atoms with Crippen molar-refractivity contribution in [3.8, 4) is 0 Å². The molecule has 1 aliphatic rings. The van der Waals surface area contributed by atoms with Gasteiger partial charge >= 0.3 is 0 Å². The Morgan fingerprint density at radius 3 is 1.81 bits per heavy atom. The van der Waals surface area contributed by atoms with Crippen molar-refractivity contribution in [2.75, 3.05) is 0 Å². The molecule has 0 heterocycles. The first-order valence-electron chi connectivity index (χ1n) is 9.20. The van der Waals surface area contributed by atoms with Gasteiger partial charge in [-0.2, -0.15) is 27.0 Å². The molecule has 0 bridgehead atoms. The first-order chi connectivity index (χ1) is 11.4. The zero-order valence-corrected chi connectivity index (χ0v) is 19.2. The largest absolute Gasteiger partial charge is 0.393 e. The van der Waals surface area contributed by atoms with E-state index in [0.29, 0.717) is 11.3 Å². The summed E-state index contributed by atoms with van der Waals surface area (Å²) in [5, 5.41) is 13.9. The topological polar surface area (TPSA) is 20.2 Å². The fourth-order valence-corrected chi connectivity index (χ4v) is 8.25. The summed E-state index contributed by atoms with van der Waals surface area (Å²) in [4.78, 5) is 0. The molecule has 2 atom stereocenters. The van der Waals surface area contributed by atoms with Crippen LogP contribution in [0, 0.1) is 11.3 Å². The van der Waals surface area contributed by atoms with E-state index in [1.165, 1.54) is 23.2 Å². The average molecular weight is 407 g/mol. The molecule has 0 aliphatic heterocycles. The Hall–Kier alpha value is -0.683. The Labute approximate surface area is 174 Å². The summed E-state index contributed by atoms with van der Waals surface area (Å²) >= 11 is 0. The molecule has 1 N–H and O–H groups in total. The minimum atomic E-state index is -1.93. The van der Waals surface area contributed by atoms with E-state index in [2.05, 4.69) is 81.1 Å². The summed E-state index contributed by atoms with van der Waals surface area (Å²) in [7, 11) is -1.93. The number of hydrogen-bond donors (Lipinski definition) is 1. The van der Waals surface area contributed by atoms with Crippen LogP contribution in [0.5, 0.6) is 0 Å². The van der Waals surface area contributed by atoms with E-state index in [1.807, 2.05) is 0 Å². The Kier molecular flexibility index (Phi) is 8.53. The van der Waals surface area contributed by atoms with Gasteiger partial charge in [0.15, 0.2) is 0 Å². The van der Waals surface area contributed by atoms with Crippen molar-refractivity contribution in [2.45, 2.75) is 51.8 Å². The number of benzene rings is 2. The predicted molar refractivity (Wildman–Crippen MR) is 126 cm³/mol. The van der Waals surface area contributed by atoms with Gasteiger partial charge < -0.3 is 5.11 Å². The highest BCUT2D eigenvalue weighted by molar-refractivity contribution is 7.59. The summed E-state index contributed by atoms with van der Waals surface area (Å²) in [6.07, 6.45) is 3.37. The molecule has 0 spiro atoms. The molecule has 1 aliphatic carbocycles. The molecule has 3 rings (SSSR count). The smallest absolute Gasteiger partial charge is 0.117 e. The van der Waals surface area contributed by atoms with Gasteiger partial charge in [-0.3, -0.25) is 0 Å². The van der Waals surface area contributed by atoms with Crippen molar-refractivity contribution in [2.24, 2.45) is 11.3 Å². The van der Waals surface area contributed by atoms with Gasteiger partial charge in [-0.1, -0.05) is 91.4 Å². The molecule has 1 fully saturated rings. The summed E-state index contributed by atoms with van der Waals surface area (Å²) in [6, 6.07) is 22.6. The lowest BCUT2D eigenvalue weighted by molar-refractivity contribution is 0.121. The van der Waals surface area contributed by atoms with Crippen LogP contribution in [0.4, 0.5) is 0 Å². The second kappa shape index (κ2) is 9.49. The van der Waals surface area contributed by atoms with E-state index in [9.17, 15) is 5.11 Å².